The molecule has 0 aromatic carbocycles. The maximum Gasteiger partial charge on any atom is 0.305 e. The van der Waals surface area contributed by atoms with E-state index in [1.165, 1.54) is 0 Å². The average molecular weight is 429 g/mol. The number of amides is 2. The van der Waals surface area contributed by atoms with Crippen LogP contribution in [-0.4, -0.2) is 49.1 Å². The van der Waals surface area contributed by atoms with Crippen LogP contribution in [0.5, 0.6) is 0 Å². The summed E-state index contributed by atoms with van der Waals surface area (Å²) in [7, 11) is 0. The maximum atomic E-state index is 11.7. The summed E-state index contributed by atoms with van der Waals surface area (Å²) in [6.45, 7) is 10.2. The van der Waals surface area contributed by atoms with Crippen molar-refractivity contribution in [3.05, 3.63) is 0 Å². The van der Waals surface area contributed by atoms with E-state index in [1.807, 2.05) is 34.6 Å². The number of carbonyl (C=O) groups excluding carboxylic acids is 4. The largest absolute Gasteiger partial charge is 0.466 e. The summed E-state index contributed by atoms with van der Waals surface area (Å²) in [5.74, 6) is -0.459. The normalized spacial score (nSPS) is 10.9. The number of carbonyl (C=O) groups is 4. The van der Waals surface area contributed by atoms with Gasteiger partial charge in [-0.15, -0.1) is 0 Å². The lowest BCUT2D eigenvalue weighted by molar-refractivity contribution is -0.144. The van der Waals surface area contributed by atoms with Crippen molar-refractivity contribution in [2.24, 2.45) is 5.92 Å². The van der Waals surface area contributed by atoms with Crippen LogP contribution in [0.2, 0.25) is 0 Å². The van der Waals surface area contributed by atoms with Gasteiger partial charge in [0.15, 0.2) is 0 Å². The molecule has 174 valence electrons. The second-order valence-electron chi connectivity index (χ2n) is 8.27. The summed E-state index contributed by atoms with van der Waals surface area (Å²) in [6.07, 6.45) is 3.41. The molecular formula is C22H40N2O6. The van der Waals surface area contributed by atoms with Gasteiger partial charge in [-0.2, -0.15) is 0 Å². The molecule has 8 heteroatoms. The van der Waals surface area contributed by atoms with Gasteiger partial charge < -0.3 is 20.1 Å². The maximum absolute atomic E-state index is 11.7. The number of ether oxygens (including phenoxy) is 2. The molecule has 0 spiro atoms. The predicted octanol–water partition coefficient (Wildman–Crippen LogP) is 2.88. The fourth-order valence-corrected chi connectivity index (χ4v) is 2.61. The minimum Gasteiger partial charge on any atom is -0.466 e. The van der Waals surface area contributed by atoms with E-state index in [1.54, 1.807) is 0 Å². The van der Waals surface area contributed by atoms with Gasteiger partial charge in [-0.3, -0.25) is 19.2 Å². The van der Waals surface area contributed by atoms with Crippen LogP contribution in [0.4, 0.5) is 0 Å². The first-order chi connectivity index (χ1) is 14.1. The van der Waals surface area contributed by atoms with Crippen molar-refractivity contribution in [3.63, 3.8) is 0 Å². The van der Waals surface area contributed by atoms with E-state index in [9.17, 15) is 19.2 Å². The molecule has 30 heavy (non-hydrogen) atoms. The molecule has 0 aliphatic rings. The van der Waals surface area contributed by atoms with E-state index in [4.69, 9.17) is 9.47 Å². The second-order valence-corrected chi connectivity index (χ2v) is 8.27. The minimum absolute atomic E-state index is 0.0557. The van der Waals surface area contributed by atoms with Crippen LogP contribution >= 0.6 is 0 Å². The Bertz CT molecular complexity index is 488. The zero-order valence-electron chi connectivity index (χ0n) is 19.3. The fraction of sp³-hybridized carbons (Fsp3) is 0.818. The minimum atomic E-state index is -0.299. The molecule has 0 bridgehead atoms. The molecule has 0 fully saturated rings. The Morgan fingerprint density at radius 2 is 1.00 bits per heavy atom. The summed E-state index contributed by atoms with van der Waals surface area (Å²) in [4.78, 5) is 46.4. The van der Waals surface area contributed by atoms with Crippen LogP contribution in [0.3, 0.4) is 0 Å². The Morgan fingerprint density at radius 3 is 1.33 bits per heavy atom. The summed E-state index contributed by atoms with van der Waals surface area (Å²) in [6, 6.07) is 0.197. The molecule has 0 saturated heterocycles. The van der Waals surface area contributed by atoms with Gasteiger partial charge in [0.2, 0.25) is 11.8 Å². The lowest BCUT2D eigenvalue weighted by Crippen LogP contribution is -2.29. The topological polar surface area (TPSA) is 111 Å². The van der Waals surface area contributed by atoms with Gasteiger partial charge in [0, 0.05) is 37.8 Å². The van der Waals surface area contributed by atoms with E-state index in [-0.39, 0.29) is 54.6 Å². The average Bonchev–Trinajstić information content (AvgIpc) is 2.60. The monoisotopic (exact) mass is 428 g/mol. The van der Waals surface area contributed by atoms with Gasteiger partial charge in [0.05, 0.1) is 13.2 Å². The second kappa shape index (κ2) is 16.7. The Balaban J connectivity index is 3.67. The van der Waals surface area contributed by atoms with E-state index in [2.05, 4.69) is 10.6 Å². The molecule has 0 aromatic rings. The highest BCUT2D eigenvalue weighted by atomic mass is 16.5. The fourth-order valence-electron chi connectivity index (χ4n) is 2.61. The SMILES string of the molecule is CC(CCOC(=O)CCCC(=O)NC(C)C)CCOC(=O)CCCC(=O)NC(C)C. The van der Waals surface area contributed by atoms with Crippen LogP contribution < -0.4 is 10.6 Å². The lowest BCUT2D eigenvalue weighted by Gasteiger charge is -2.12. The highest BCUT2D eigenvalue weighted by molar-refractivity contribution is 5.77. The molecule has 0 aliphatic heterocycles. The van der Waals surface area contributed by atoms with Crippen LogP contribution in [0.25, 0.3) is 0 Å². The third-order valence-corrected chi connectivity index (χ3v) is 4.22. The molecular weight excluding hydrogens is 388 g/mol. The smallest absolute Gasteiger partial charge is 0.305 e. The third kappa shape index (κ3) is 17.9. The highest BCUT2D eigenvalue weighted by Crippen LogP contribution is 2.09. The summed E-state index contributed by atoms with van der Waals surface area (Å²) < 4.78 is 10.4. The van der Waals surface area contributed by atoms with Gasteiger partial charge in [-0.1, -0.05) is 6.92 Å². The summed E-state index contributed by atoms with van der Waals surface area (Å²) >= 11 is 0. The Labute approximate surface area is 180 Å². The van der Waals surface area contributed by atoms with Gasteiger partial charge in [-0.05, 0) is 59.3 Å². The predicted molar refractivity (Wildman–Crippen MR) is 115 cm³/mol. The van der Waals surface area contributed by atoms with Crippen molar-refractivity contribution >= 4 is 23.8 Å². The van der Waals surface area contributed by atoms with Crippen LogP contribution in [-0.2, 0) is 28.7 Å². The van der Waals surface area contributed by atoms with Crippen LogP contribution in [0.15, 0.2) is 0 Å². The van der Waals surface area contributed by atoms with Gasteiger partial charge in [-0.25, -0.2) is 0 Å². The molecule has 0 atom stereocenters. The third-order valence-electron chi connectivity index (χ3n) is 4.22. The molecule has 0 aliphatic carbocycles. The van der Waals surface area contributed by atoms with Crippen LogP contribution in [0, 0.1) is 5.92 Å². The number of hydrogen-bond donors (Lipinski definition) is 2. The molecule has 0 heterocycles. The molecule has 0 unspecified atom stereocenters. The molecule has 0 aromatic heterocycles. The lowest BCUT2D eigenvalue weighted by atomic mass is 10.1. The van der Waals surface area contributed by atoms with E-state index >= 15 is 0 Å². The quantitative estimate of drug-likeness (QED) is 0.366. The number of nitrogens with one attached hydrogen (secondary N) is 2. The van der Waals surface area contributed by atoms with Gasteiger partial charge in [0.25, 0.3) is 0 Å². The summed E-state index contributed by atoms with van der Waals surface area (Å²) in [5.41, 5.74) is 0. The molecule has 8 nitrogen and oxygen atoms in total. The van der Waals surface area contributed by atoms with Crippen molar-refractivity contribution in [3.8, 4) is 0 Å². The zero-order chi connectivity index (χ0) is 22.9. The van der Waals surface area contributed by atoms with E-state index in [0.717, 1.165) is 0 Å². The van der Waals surface area contributed by atoms with E-state index < -0.39 is 0 Å². The molecule has 2 amide bonds. The van der Waals surface area contributed by atoms with Gasteiger partial charge >= 0.3 is 11.9 Å². The first-order valence-electron chi connectivity index (χ1n) is 11.0. The van der Waals surface area contributed by atoms with Gasteiger partial charge in [0.1, 0.15) is 0 Å². The van der Waals surface area contributed by atoms with Crippen molar-refractivity contribution in [2.75, 3.05) is 13.2 Å². The number of rotatable bonds is 16. The Hall–Kier alpha value is -2.12. The van der Waals surface area contributed by atoms with Crippen molar-refractivity contribution < 1.29 is 28.7 Å². The molecule has 0 saturated carbocycles. The molecule has 0 rings (SSSR count). The Morgan fingerprint density at radius 1 is 0.633 bits per heavy atom. The van der Waals surface area contributed by atoms with Crippen LogP contribution in [0.1, 0.15) is 86.0 Å². The first-order valence-corrected chi connectivity index (χ1v) is 11.0. The van der Waals surface area contributed by atoms with E-state index in [0.29, 0.717) is 51.7 Å². The number of hydrogen-bond acceptors (Lipinski definition) is 6. The van der Waals surface area contributed by atoms with Crippen molar-refractivity contribution in [2.45, 2.75) is 98.1 Å². The van der Waals surface area contributed by atoms with Crippen molar-refractivity contribution in [1.82, 2.24) is 10.6 Å². The van der Waals surface area contributed by atoms with Crippen molar-refractivity contribution in [1.29, 1.82) is 0 Å². The number of esters is 2. The highest BCUT2D eigenvalue weighted by Gasteiger charge is 2.10. The summed E-state index contributed by atoms with van der Waals surface area (Å²) in [5, 5.41) is 5.56. The first kappa shape index (κ1) is 27.9. The molecule has 2 N–H and O–H groups in total. The molecule has 0 radical (unpaired) electrons. The Kier molecular flexibility index (Phi) is 15.5. The standard InChI is InChI=1S/C22H40N2O6/c1-16(2)23-19(25)8-6-10-21(27)29-14-12-18(5)13-15-30-22(28)11-7-9-20(26)24-17(3)4/h16-18H,6-15H2,1-5H3,(H,23,25)(H,24,26). The zero-order valence-corrected chi connectivity index (χ0v) is 19.3.